The highest BCUT2D eigenvalue weighted by atomic mass is 32.2. The number of methoxy groups -OCH3 is 1. The van der Waals surface area contributed by atoms with E-state index in [1.807, 2.05) is 38.1 Å². The molecular formula is C21H22N2O4S. The van der Waals surface area contributed by atoms with Crippen LogP contribution >= 0.6 is 0 Å². The van der Waals surface area contributed by atoms with Gasteiger partial charge in [0.15, 0.2) is 0 Å². The van der Waals surface area contributed by atoms with Crippen molar-refractivity contribution in [2.45, 2.75) is 31.7 Å². The molecule has 1 aromatic heterocycles. The molecule has 1 aliphatic heterocycles. The minimum atomic E-state index is -3.73. The molecule has 0 radical (unpaired) electrons. The smallest absolute Gasteiger partial charge is 0.247 e. The Hall–Kier alpha value is -2.64. The van der Waals surface area contributed by atoms with Gasteiger partial charge in [0, 0.05) is 18.7 Å². The molecule has 28 heavy (non-hydrogen) atoms. The summed E-state index contributed by atoms with van der Waals surface area (Å²) in [6, 6.07) is 13.1. The summed E-state index contributed by atoms with van der Waals surface area (Å²) in [6.45, 7) is 4.45. The van der Waals surface area contributed by atoms with Crippen molar-refractivity contribution in [1.82, 2.24) is 9.46 Å². The van der Waals surface area contributed by atoms with Crippen molar-refractivity contribution in [3.05, 3.63) is 65.0 Å². The Morgan fingerprint density at radius 3 is 2.54 bits per heavy atom. The molecule has 2 heterocycles. The lowest BCUT2D eigenvalue weighted by molar-refractivity contribution is 0.378. The predicted molar refractivity (Wildman–Crippen MR) is 106 cm³/mol. The van der Waals surface area contributed by atoms with Crippen molar-refractivity contribution >= 4 is 10.0 Å². The number of sulfonamides is 1. The van der Waals surface area contributed by atoms with Crippen LogP contribution in [0, 0.1) is 13.8 Å². The van der Waals surface area contributed by atoms with E-state index in [1.54, 1.807) is 12.1 Å². The molecule has 3 aromatic rings. The lowest BCUT2D eigenvalue weighted by atomic mass is 10.0. The standard InChI is InChI=1S/C21H22N2O4S/c1-14-21(15(2)27-22-14)17-8-9-19(26-3)20(12-17)28(24,25)23-11-10-16-6-4-5-7-18(16)13-23/h4-9,12H,10-11,13H2,1-3H3. The number of nitrogens with zero attached hydrogens (tertiary/aromatic N) is 2. The summed E-state index contributed by atoms with van der Waals surface area (Å²) >= 11 is 0. The summed E-state index contributed by atoms with van der Waals surface area (Å²) in [5.74, 6) is 0.979. The first-order chi connectivity index (χ1) is 13.4. The van der Waals surface area contributed by atoms with Gasteiger partial charge in [-0.05, 0) is 49.1 Å². The van der Waals surface area contributed by atoms with Gasteiger partial charge in [0.25, 0.3) is 0 Å². The van der Waals surface area contributed by atoms with E-state index in [4.69, 9.17) is 9.26 Å². The van der Waals surface area contributed by atoms with Gasteiger partial charge in [-0.1, -0.05) is 35.5 Å². The maximum Gasteiger partial charge on any atom is 0.247 e. The first-order valence-corrected chi connectivity index (χ1v) is 10.5. The fraction of sp³-hybridized carbons (Fsp3) is 0.286. The molecule has 0 saturated heterocycles. The molecule has 0 atom stereocenters. The summed E-state index contributed by atoms with van der Waals surface area (Å²) in [6.07, 6.45) is 0.696. The third kappa shape index (κ3) is 3.10. The maximum atomic E-state index is 13.5. The number of hydrogen-bond donors (Lipinski definition) is 0. The second kappa shape index (κ2) is 7.07. The first kappa shape index (κ1) is 18.7. The number of rotatable bonds is 4. The summed E-state index contributed by atoms with van der Waals surface area (Å²) < 4.78 is 39.1. The summed E-state index contributed by atoms with van der Waals surface area (Å²) in [4.78, 5) is 0.159. The van der Waals surface area contributed by atoms with Gasteiger partial charge >= 0.3 is 0 Å². The van der Waals surface area contributed by atoms with Gasteiger partial charge in [-0.2, -0.15) is 4.31 Å². The third-order valence-electron chi connectivity index (χ3n) is 5.20. The number of ether oxygens (including phenoxy) is 1. The topological polar surface area (TPSA) is 72.6 Å². The van der Waals surface area contributed by atoms with E-state index >= 15 is 0 Å². The van der Waals surface area contributed by atoms with E-state index in [0.717, 1.165) is 22.4 Å². The molecule has 146 valence electrons. The Balaban J connectivity index is 1.78. The van der Waals surface area contributed by atoms with Gasteiger partial charge in [-0.15, -0.1) is 0 Å². The van der Waals surface area contributed by atoms with Gasteiger partial charge in [0.05, 0.1) is 12.8 Å². The normalized spacial score (nSPS) is 14.7. The quantitative estimate of drug-likeness (QED) is 0.670. The molecule has 0 spiro atoms. The van der Waals surface area contributed by atoms with Gasteiger partial charge < -0.3 is 9.26 Å². The average molecular weight is 398 g/mol. The molecule has 1 aliphatic rings. The van der Waals surface area contributed by atoms with Crippen LogP contribution in [0.3, 0.4) is 0 Å². The molecule has 2 aromatic carbocycles. The Kier molecular flexibility index (Phi) is 4.72. The maximum absolute atomic E-state index is 13.5. The van der Waals surface area contributed by atoms with Gasteiger partial charge in [0.1, 0.15) is 16.4 Å². The first-order valence-electron chi connectivity index (χ1n) is 9.10. The van der Waals surface area contributed by atoms with Crippen LogP contribution in [-0.4, -0.2) is 31.5 Å². The summed E-state index contributed by atoms with van der Waals surface area (Å²) in [5.41, 5.74) is 4.51. The minimum Gasteiger partial charge on any atom is -0.495 e. The van der Waals surface area contributed by atoms with Crippen LogP contribution in [0.25, 0.3) is 11.1 Å². The van der Waals surface area contributed by atoms with Gasteiger partial charge in [-0.3, -0.25) is 0 Å². The van der Waals surface area contributed by atoms with E-state index < -0.39 is 10.0 Å². The largest absolute Gasteiger partial charge is 0.495 e. The van der Waals surface area contributed by atoms with E-state index in [1.165, 1.54) is 17.0 Å². The molecular weight excluding hydrogens is 376 g/mol. The van der Waals surface area contributed by atoms with Crippen molar-refractivity contribution < 1.29 is 17.7 Å². The zero-order chi connectivity index (χ0) is 19.9. The molecule has 0 saturated carbocycles. The summed E-state index contributed by atoms with van der Waals surface area (Å²) in [7, 11) is -2.25. The third-order valence-corrected chi connectivity index (χ3v) is 7.07. The van der Waals surface area contributed by atoms with Crippen LogP contribution in [-0.2, 0) is 23.0 Å². The van der Waals surface area contributed by atoms with Crippen molar-refractivity contribution in [3.8, 4) is 16.9 Å². The second-order valence-corrected chi connectivity index (χ2v) is 8.83. The lowest BCUT2D eigenvalue weighted by Crippen LogP contribution is -2.36. The molecule has 0 bridgehead atoms. The monoisotopic (exact) mass is 398 g/mol. The summed E-state index contributed by atoms with van der Waals surface area (Å²) in [5, 5.41) is 3.98. The second-order valence-electron chi connectivity index (χ2n) is 6.92. The fourth-order valence-electron chi connectivity index (χ4n) is 3.74. The van der Waals surface area contributed by atoms with Crippen LogP contribution in [0.4, 0.5) is 0 Å². The Labute approximate surface area is 164 Å². The van der Waals surface area contributed by atoms with E-state index in [-0.39, 0.29) is 4.90 Å². The Morgan fingerprint density at radius 1 is 1.11 bits per heavy atom. The number of aryl methyl sites for hydroxylation is 2. The molecule has 0 unspecified atom stereocenters. The Morgan fingerprint density at radius 2 is 1.86 bits per heavy atom. The number of benzene rings is 2. The van der Waals surface area contributed by atoms with Crippen molar-refractivity contribution in [2.24, 2.45) is 0 Å². The van der Waals surface area contributed by atoms with Crippen LogP contribution in [0.1, 0.15) is 22.6 Å². The van der Waals surface area contributed by atoms with Crippen molar-refractivity contribution in [2.75, 3.05) is 13.7 Å². The highest BCUT2D eigenvalue weighted by Gasteiger charge is 2.31. The Bertz CT molecular complexity index is 1120. The highest BCUT2D eigenvalue weighted by molar-refractivity contribution is 7.89. The fourth-order valence-corrected chi connectivity index (χ4v) is 5.34. The van der Waals surface area contributed by atoms with E-state index in [9.17, 15) is 8.42 Å². The molecule has 7 heteroatoms. The number of hydrogen-bond acceptors (Lipinski definition) is 5. The molecule has 0 fully saturated rings. The lowest BCUT2D eigenvalue weighted by Gasteiger charge is -2.28. The van der Waals surface area contributed by atoms with Crippen LogP contribution < -0.4 is 4.74 Å². The molecule has 0 amide bonds. The zero-order valence-corrected chi connectivity index (χ0v) is 16.9. The van der Waals surface area contributed by atoms with E-state index in [0.29, 0.717) is 31.0 Å². The molecule has 6 nitrogen and oxygen atoms in total. The number of fused-ring (bicyclic) bond motifs is 1. The van der Waals surface area contributed by atoms with Crippen LogP contribution in [0.5, 0.6) is 5.75 Å². The minimum absolute atomic E-state index is 0.159. The van der Waals surface area contributed by atoms with Crippen molar-refractivity contribution in [1.29, 1.82) is 0 Å². The molecule has 0 N–H and O–H groups in total. The zero-order valence-electron chi connectivity index (χ0n) is 16.1. The van der Waals surface area contributed by atoms with Gasteiger partial charge in [-0.25, -0.2) is 8.42 Å². The van der Waals surface area contributed by atoms with Crippen LogP contribution in [0.2, 0.25) is 0 Å². The predicted octanol–water partition coefficient (Wildman–Crippen LogP) is 3.71. The van der Waals surface area contributed by atoms with Crippen LogP contribution in [0.15, 0.2) is 51.9 Å². The SMILES string of the molecule is COc1ccc(-c2c(C)noc2C)cc1S(=O)(=O)N1CCc2ccccc2C1. The highest BCUT2D eigenvalue weighted by Crippen LogP contribution is 2.35. The number of aromatic nitrogens is 1. The van der Waals surface area contributed by atoms with Crippen molar-refractivity contribution in [3.63, 3.8) is 0 Å². The molecule has 4 rings (SSSR count). The van der Waals surface area contributed by atoms with Gasteiger partial charge in [0.2, 0.25) is 10.0 Å². The molecule has 0 aliphatic carbocycles. The average Bonchev–Trinajstić information content (AvgIpc) is 3.05. The van der Waals surface area contributed by atoms with E-state index in [2.05, 4.69) is 11.2 Å².